The first-order chi connectivity index (χ1) is 13.2. The van der Waals surface area contributed by atoms with Crippen LogP contribution in [0.5, 0.6) is 5.75 Å². The highest BCUT2D eigenvalue weighted by Crippen LogP contribution is 2.25. The van der Waals surface area contributed by atoms with Gasteiger partial charge in [-0.15, -0.1) is 0 Å². The molecule has 0 spiro atoms. The van der Waals surface area contributed by atoms with Crippen LogP contribution in [0, 0.1) is 0 Å². The Bertz CT molecular complexity index is 616. The number of benzene rings is 2. The summed E-state index contributed by atoms with van der Waals surface area (Å²) in [4.78, 5) is 0. The molecule has 0 aliphatic rings. The molecule has 0 aliphatic carbocycles. The lowest BCUT2D eigenvalue weighted by Crippen LogP contribution is -2.00. The Morgan fingerprint density at radius 1 is 0.667 bits per heavy atom. The van der Waals surface area contributed by atoms with Gasteiger partial charge in [0.15, 0.2) is 0 Å². The molecule has 0 N–H and O–H groups in total. The van der Waals surface area contributed by atoms with E-state index < -0.39 is 0 Å². The van der Waals surface area contributed by atoms with E-state index in [1.165, 1.54) is 48.8 Å². The minimum Gasteiger partial charge on any atom is -0.494 e. The molecule has 0 amide bonds. The van der Waals surface area contributed by atoms with Crippen molar-refractivity contribution in [3.8, 4) is 16.9 Å². The predicted octanol–water partition coefficient (Wildman–Crippen LogP) is 7.58. The van der Waals surface area contributed by atoms with Crippen LogP contribution in [0.25, 0.3) is 11.1 Å². The van der Waals surface area contributed by atoms with Crippen molar-refractivity contribution in [2.24, 2.45) is 0 Å². The fourth-order valence-electron chi connectivity index (χ4n) is 3.15. The van der Waals surface area contributed by atoms with E-state index in [0.717, 1.165) is 31.8 Å². The number of rotatable bonds is 13. The third-order valence-corrected chi connectivity index (χ3v) is 4.91. The molecule has 2 rings (SSSR count). The van der Waals surface area contributed by atoms with Crippen LogP contribution in [0.3, 0.4) is 0 Å². The summed E-state index contributed by atoms with van der Waals surface area (Å²) < 4.78 is 11.7. The Morgan fingerprint density at radius 3 is 1.89 bits per heavy atom. The Labute approximate surface area is 165 Å². The topological polar surface area (TPSA) is 18.5 Å². The van der Waals surface area contributed by atoms with Crippen molar-refractivity contribution in [2.45, 2.75) is 71.8 Å². The zero-order valence-electron chi connectivity index (χ0n) is 17.4. The zero-order chi connectivity index (χ0) is 19.3. The van der Waals surface area contributed by atoms with Crippen LogP contribution in [-0.4, -0.2) is 13.2 Å². The van der Waals surface area contributed by atoms with Crippen LogP contribution in [0.1, 0.15) is 77.4 Å². The van der Waals surface area contributed by atoms with Gasteiger partial charge < -0.3 is 9.47 Å². The Hall–Kier alpha value is -1.80. The molecule has 2 heteroatoms. The van der Waals surface area contributed by atoms with Gasteiger partial charge in [-0.3, -0.25) is 0 Å². The highest BCUT2D eigenvalue weighted by molar-refractivity contribution is 5.64. The zero-order valence-corrected chi connectivity index (χ0v) is 17.4. The lowest BCUT2D eigenvalue weighted by molar-refractivity contribution is 0.0663. The molecule has 2 aromatic rings. The van der Waals surface area contributed by atoms with E-state index in [2.05, 4.69) is 69.3 Å². The molecular formula is C25H36O2. The highest BCUT2D eigenvalue weighted by atomic mass is 16.5. The first-order valence-corrected chi connectivity index (χ1v) is 10.7. The van der Waals surface area contributed by atoms with Crippen molar-refractivity contribution in [3.05, 3.63) is 54.1 Å². The maximum atomic E-state index is 5.87. The fourth-order valence-corrected chi connectivity index (χ4v) is 3.15. The number of ether oxygens (including phenoxy) is 2. The Balaban J connectivity index is 1.79. The second-order valence-electron chi connectivity index (χ2n) is 7.28. The summed E-state index contributed by atoms with van der Waals surface area (Å²) >= 11 is 0. The summed E-state index contributed by atoms with van der Waals surface area (Å²) in [6.45, 7) is 8.13. The molecule has 0 aromatic heterocycles. The molecule has 0 aliphatic heterocycles. The Morgan fingerprint density at radius 2 is 1.26 bits per heavy atom. The van der Waals surface area contributed by atoms with Crippen molar-refractivity contribution >= 4 is 0 Å². The van der Waals surface area contributed by atoms with E-state index >= 15 is 0 Å². The molecule has 0 bridgehead atoms. The number of hydrogen-bond acceptors (Lipinski definition) is 2. The largest absolute Gasteiger partial charge is 0.494 e. The summed E-state index contributed by atoms with van der Waals surface area (Å²) in [6.07, 6.45) is 8.95. The van der Waals surface area contributed by atoms with E-state index in [4.69, 9.17) is 9.47 Å². The van der Waals surface area contributed by atoms with Crippen LogP contribution >= 0.6 is 0 Å². The smallest absolute Gasteiger partial charge is 0.119 e. The summed E-state index contributed by atoms with van der Waals surface area (Å²) in [5.74, 6) is 0.963. The minimum absolute atomic E-state index is 0.150. The van der Waals surface area contributed by atoms with Gasteiger partial charge in [-0.25, -0.2) is 0 Å². The fraction of sp³-hybridized carbons (Fsp3) is 0.520. The van der Waals surface area contributed by atoms with Crippen LogP contribution in [0.15, 0.2) is 48.5 Å². The van der Waals surface area contributed by atoms with Crippen molar-refractivity contribution in [1.82, 2.24) is 0 Å². The number of unbranched alkanes of at least 4 members (excludes halogenated alkanes) is 5. The van der Waals surface area contributed by atoms with Crippen molar-refractivity contribution in [1.29, 1.82) is 0 Å². The molecule has 1 atom stereocenters. The van der Waals surface area contributed by atoms with Crippen LogP contribution in [0.2, 0.25) is 0 Å². The quantitative estimate of drug-likeness (QED) is 0.339. The van der Waals surface area contributed by atoms with Gasteiger partial charge in [0, 0.05) is 6.61 Å². The first-order valence-electron chi connectivity index (χ1n) is 10.7. The normalized spacial score (nSPS) is 12.1. The van der Waals surface area contributed by atoms with Crippen LogP contribution in [0.4, 0.5) is 0 Å². The van der Waals surface area contributed by atoms with Crippen LogP contribution < -0.4 is 4.74 Å². The van der Waals surface area contributed by atoms with E-state index in [1.54, 1.807) is 0 Å². The third kappa shape index (κ3) is 7.76. The summed E-state index contributed by atoms with van der Waals surface area (Å²) in [5.41, 5.74) is 3.67. The number of hydrogen-bond donors (Lipinski definition) is 0. The minimum atomic E-state index is 0.150. The average molecular weight is 369 g/mol. The van der Waals surface area contributed by atoms with Gasteiger partial charge in [-0.2, -0.15) is 0 Å². The molecule has 0 saturated carbocycles. The predicted molar refractivity (Wildman–Crippen MR) is 115 cm³/mol. The van der Waals surface area contributed by atoms with E-state index in [-0.39, 0.29) is 6.10 Å². The summed E-state index contributed by atoms with van der Waals surface area (Å²) in [7, 11) is 0. The summed E-state index contributed by atoms with van der Waals surface area (Å²) in [5, 5.41) is 0. The van der Waals surface area contributed by atoms with Gasteiger partial charge in [0.1, 0.15) is 5.75 Å². The van der Waals surface area contributed by atoms with E-state index in [0.29, 0.717) is 0 Å². The van der Waals surface area contributed by atoms with Gasteiger partial charge in [0.05, 0.1) is 12.7 Å². The molecule has 1 unspecified atom stereocenters. The van der Waals surface area contributed by atoms with Crippen molar-refractivity contribution in [3.63, 3.8) is 0 Å². The standard InChI is InChI=1S/C25H36O2/c1-4-6-7-8-9-10-20-27-25-17-15-24(16-18-25)23-13-11-22(12-14-23)21(3)26-19-5-2/h11-18,21H,4-10,19-20H2,1-3H3. The molecule has 0 heterocycles. The second kappa shape index (κ2) is 12.6. The van der Waals surface area contributed by atoms with Gasteiger partial charge in [-0.1, -0.05) is 82.3 Å². The third-order valence-electron chi connectivity index (χ3n) is 4.91. The van der Waals surface area contributed by atoms with Crippen molar-refractivity contribution in [2.75, 3.05) is 13.2 Å². The van der Waals surface area contributed by atoms with Gasteiger partial charge in [-0.05, 0) is 48.6 Å². The molecule has 148 valence electrons. The van der Waals surface area contributed by atoms with Gasteiger partial charge in [0.2, 0.25) is 0 Å². The van der Waals surface area contributed by atoms with E-state index in [1.807, 2.05) is 0 Å². The molecule has 27 heavy (non-hydrogen) atoms. The SMILES string of the molecule is CCCCCCCCOc1ccc(-c2ccc(C(C)OCCC)cc2)cc1. The molecular weight excluding hydrogens is 332 g/mol. The summed E-state index contributed by atoms with van der Waals surface area (Å²) in [6, 6.07) is 17.1. The lowest BCUT2D eigenvalue weighted by Gasteiger charge is -2.13. The van der Waals surface area contributed by atoms with Gasteiger partial charge >= 0.3 is 0 Å². The maximum Gasteiger partial charge on any atom is 0.119 e. The molecule has 2 nitrogen and oxygen atoms in total. The lowest BCUT2D eigenvalue weighted by atomic mass is 10.0. The highest BCUT2D eigenvalue weighted by Gasteiger charge is 2.06. The second-order valence-corrected chi connectivity index (χ2v) is 7.28. The first kappa shape index (κ1) is 21.5. The monoisotopic (exact) mass is 368 g/mol. The average Bonchev–Trinajstić information content (AvgIpc) is 2.72. The molecule has 2 aromatic carbocycles. The maximum absolute atomic E-state index is 5.87. The van der Waals surface area contributed by atoms with Gasteiger partial charge in [0.25, 0.3) is 0 Å². The molecule has 0 radical (unpaired) electrons. The molecule has 0 fully saturated rings. The van der Waals surface area contributed by atoms with Crippen LogP contribution in [-0.2, 0) is 4.74 Å². The Kier molecular flexibility index (Phi) is 10.0. The molecule has 0 saturated heterocycles. The van der Waals surface area contributed by atoms with Crippen molar-refractivity contribution < 1.29 is 9.47 Å². The van der Waals surface area contributed by atoms with E-state index in [9.17, 15) is 0 Å².